The van der Waals surface area contributed by atoms with Crippen LogP contribution in [0.25, 0.3) is 0 Å². The van der Waals surface area contributed by atoms with Crippen molar-refractivity contribution in [3.05, 3.63) is 130 Å². The van der Waals surface area contributed by atoms with E-state index in [-0.39, 0.29) is 60.7 Å². The first kappa shape index (κ1) is 62.4. The number of rotatable bonds is 8. The smallest absolute Gasteiger partial charge is 0.404 e. The van der Waals surface area contributed by atoms with Gasteiger partial charge in [0.2, 0.25) is 0 Å². The fourth-order valence-corrected chi connectivity index (χ4v) is 9.67. The van der Waals surface area contributed by atoms with Gasteiger partial charge >= 0.3 is 15.6 Å². The summed E-state index contributed by atoms with van der Waals surface area (Å²) in [6.07, 6.45) is 6.59. The van der Waals surface area contributed by atoms with E-state index in [0.29, 0.717) is 22.6 Å². The lowest BCUT2D eigenvalue weighted by molar-refractivity contribution is 0.164. The van der Waals surface area contributed by atoms with E-state index in [1.165, 1.54) is 0 Å². The van der Waals surface area contributed by atoms with E-state index >= 15 is 0 Å². The second-order valence-electron chi connectivity index (χ2n) is 27.1. The van der Waals surface area contributed by atoms with Crippen LogP contribution in [0.2, 0.25) is 0 Å². The first-order chi connectivity index (χ1) is 30.0. The fraction of sp³-hybridized carbons (Fsp3) is 0.586. The Balaban J connectivity index is 0.000000467. The van der Waals surface area contributed by atoms with Gasteiger partial charge in [-0.15, -0.1) is 0 Å². The van der Waals surface area contributed by atoms with Gasteiger partial charge in [0.25, 0.3) is 0 Å². The molecule has 11 heteroatoms. The van der Waals surface area contributed by atoms with Gasteiger partial charge in [0.1, 0.15) is 23.7 Å². The van der Waals surface area contributed by atoms with E-state index in [2.05, 4.69) is 204 Å². The van der Waals surface area contributed by atoms with E-state index < -0.39 is 27.9 Å². The summed E-state index contributed by atoms with van der Waals surface area (Å²) >= 11 is 0. The van der Waals surface area contributed by atoms with E-state index in [1.54, 1.807) is 12.1 Å². The molecule has 69 heavy (non-hydrogen) atoms. The SMILES string of the molecule is C=C1C=C(C(C)(C)C)C=C(C(C)(C)C)C1OP(=O)(O)Oc1ccc(C(C)(C)C)cc1C(C)(C)C.C=C1C=C(C(C)(C)C)C=C(C(C)(C)C)C1OP(=O)(O)Oc1ccc(C(C)(C)C)cc1C(C)(C)C.[Al]. The van der Waals surface area contributed by atoms with Gasteiger partial charge in [0.15, 0.2) is 0 Å². The number of phosphoric acid groups is 2. The Morgan fingerprint density at radius 3 is 0.913 bits per heavy atom. The zero-order chi connectivity index (χ0) is 53.0. The molecular weight excluding hydrogens is 914 g/mol. The molecule has 383 valence electrons. The van der Waals surface area contributed by atoms with Gasteiger partial charge in [-0.3, -0.25) is 18.8 Å². The van der Waals surface area contributed by atoms with Crippen LogP contribution in [0.5, 0.6) is 11.5 Å². The molecule has 0 aliphatic heterocycles. The van der Waals surface area contributed by atoms with Gasteiger partial charge in [-0.05, 0) is 100 Å². The number of hydrogen-bond acceptors (Lipinski definition) is 6. The third-order valence-electron chi connectivity index (χ3n) is 12.2. The molecule has 0 bridgehead atoms. The summed E-state index contributed by atoms with van der Waals surface area (Å²) in [6, 6.07) is 11.6. The highest BCUT2D eigenvalue weighted by Crippen LogP contribution is 2.54. The molecule has 3 radical (unpaired) electrons. The van der Waals surface area contributed by atoms with Gasteiger partial charge in [0, 0.05) is 28.5 Å². The van der Waals surface area contributed by atoms with Crippen LogP contribution in [-0.4, -0.2) is 39.4 Å². The lowest BCUT2D eigenvalue weighted by atomic mass is 9.73. The maximum Gasteiger partial charge on any atom is 0.528 e. The highest BCUT2D eigenvalue weighted by atomic mass is 31.2. The molecule has 2 aliphatic carbocycles. The summed E-state index contributed by atoms with van der Waals surface area (Å²) in [7, 11) is -8.94. The number of hydrogen-bond donors (Lipinski definition) is 2. The van der Waals surface area contributed by atoms with Gasteiger partial charge < -0.3 is 9.05 Å². The predicted molar refractivity (Wildman–Crippen MR) is 293 cm³/mol. The molecule has 2 aromatic carbocycles. The molecule has 0 saturated carbocycles. The molecular formula is C58H90AlO8P2. The molecule has 0 heterocycles. The van der Waals surface area contributed by atoms with Crippen molar-refractivity contribution in [2.24, 2.45) is 21.7 Å². The summed E-state index contributed by atoms with van der Waals surface area (Å²) in [5, 5.41) is 0. The van der Waals surface area contributed by atoms with Crippen molar-refractivity contribution in [2.45, 2.75) is 200 Å². The minimum atomic E-state index is -4.47. The predicted octanol–water partition coefficient (Wildman–Crippen LogP) is 16.9. The molecule has 2 aromatic rings. The molecule has 0 saturated heterocycles. The Morgan fingerprint density at radius 2 is 0.696 bits per heavy atom. The molecule has 4 rings (SSSR count). The van der Waals surface area contributed by atoms with Gasteiger partial charge in [-0.2, -0.15) is 0 Å². The van der Waals surface area contributed by atoms with Gasteiger partial charge in [-0.25, -0.2) is 9.13 Å². The van der Waals surface area contributed by atoms with Crippen LogP contribution in [-0.2, 0) is 39.8 Å². The van der Waals surface area contributed by atoms with Crippen molar-refractivity contribution in [1.29, 1.82) is 0 Å². The first-order valence-corrected chi connectivity index (χ1v) is 27.0. The summed E-state index contributed by atoms with van der Waals surface area (Å²) < 4.78 is 49.8. The summed E-state index contributed by atoms with van der Waals surface area (Å²) in [5.74, 6) is 0.722. The summed E-state index contributed by atoms with van der Waals surface area (Å²) in [5.41, 5.74) is 7.91. The normalized spacial score (nSPS) is 19.6. The van der Waals surface area contributed by atoms with Crippen molar-refractivity contribution >= 4 is 33.0 Å². The topological polar surface area (TPSA) is 112 Å². The number of phosphoric ester groups is 2. The second kappa shape index (κ2) is 21.0. The fourth-order valence-electron chi connectivity index (χ4n) is 7.74. The highest BCUT2D eigenvalue weighted by Gasteiger charge is 2.41. The van der Waals surface area contributed by atoms with E-state index in [0.717, 1.165) is 44.5 Å². The molecule has 2 aliphatic rings. The van der Waals surface area contributed by atoms with Crippen LogP contribution in [0.15, 0.2) is 107 Å². The van der Waals surface area contributed by atoms with Crippen molar-refractivity contribution in [3.8, 4) is 11.5 Å². The quantitative estimate of drug-likeness (QED) is 0.199. The lowest BCUT2D eigenvalue weighted by Gasteiger charge is -2.37. The van der Waals surface area contributed by atoms with Crippen molar-refractivity contribution in [2.75, 3.05) is 0 Å². The van der Waals surface area contributed by atoms with Crippen LogP contribution in [0.1, 0.15) is 188 Å². The molecule has 0 fully saturated rings. The lowest BCUT2D eigenvalue weighted by Crippen LogP contribution is -2.30. The summed E-state index contributed by atoms with van der Waals surface area (Å²) in [4.78, 5) is 21.8. The Hall–Kier alpha value is -2.69. The highest BCUT2D eigenvalue weighted by molar-refractivity contribution is 7.48. The standard InChI is InChI=1S/2C29H45O4P.Al/c2*1-19-16-21(27(5,6)7)18-23(29(11,12)13)25(19)33-34(30,31)32-24-15-14-20(26(2,3)4)17-22(24)28(8,9)10;/h2*14-18,25H,1H2,2-13H3,(H,30,31);. The molecule has 4 unspecified atom stereocenters. The van der Waals surface area contributed by atoms with Gasteiger partial charge in [-0.1, -0.05) is 228 Å². The molecule has 0 amide bonds. The van der Waals surface area contributed by atoms with Crippen molar-refractivity contribution in [1.82, 2.24) is 0 Å². The Bertz CT molecular complexity index is 2270. The number of allylic oxidation sites excluding steroid dienone is 4. The molecule has 2 N–H and O–H groups in total. The van der Waals surface area contributed by atoms with Crippen LogP contribution >= 0.6 is 15.6 Å². The second-order valence-corrected chi connectivity index (χ2v) is 29.7. The largest absolute Gasteiger partial charge is 0.528 e. The third-order valence-corrected chi connectivity index (χ3v) is 14.0. The Kier molecular flexibility index (Phi) is 19.0. The molecule has 0 spiro atoms. The number of benzene rings is 2. The van der Waals surface area contributed by atoms with Gasteiger partial charge in [0.05, 0.1) is 0 Å². The molecule has 4 atom stereocenters. The van der Waals surface area contributed by atoms with Crippen molar-refractivity contribution < 1.29 is 37.0 Å². The minimum absolute atomic E-state index is 0. The maximum absolute atomic E-state index is 13.3. The zero-order valence-corrected chi connectivity index (χ0v) is 50.1. The van der Waals surface area contributed by atoms with Crippen LogP contribution < -0.4 is 9.05 Å². The molecule has 8 nitrogen and oxygen atoms in total. The first-order valence-electron chi connectivity index (χ1n) is 24.0. The van der Waals surface area contributed by atoms with Crippen LogP contribution in [0.3, 0.4) is 0 Å². The Labute approximate surface area is 430 Å². The average molecular weight is 1000 g/mol. The zero-order valence-electron chi connectivity index (χ0n) is 47.2. The maximum atomic E-state index is 13.3. The third kappa shape index (κ3) is 17.2. The average Bonchev–Trinajstić information content (AvgIpc) is 3.09. The summed E-state index contributed by atoms with van der Waals surface area (Å²) in [6.45, 7) is 58.8. The monoisotopic (exact) mass is 1000 g/mol. The minimum Gasteiger partial charge on any atom is -0.404 e. The van der Waals surface area contributed by atoms with E-state index in [4.69, 9.17) is 18.1 Å². The Morgan fingerprint density at radius 1 is 0.420 bits per heavy atom. The van der Waals surface area contributed by atoms with E-state index in [9.17, 15) is 18.9 Å². The van der Waals surface area contributed by atoms with Crippen LogP contribution in [0.4, 0.5) is 0 Å². The molecule has 0 aromatic heterocycles. The van der Waals surface area contributed by atoms with Crippen molar-refractivity contribution in [3.63, 3.8) is 0 Å². The van der Waals surface area contributed by atoms with E-state index in [1.807, 2.05) is 24.3 Å². The van der Waals surface area contributed by atoms with Crippen LogP contribution in [0, 0.1) is 21.7 Å².